The van der Waals surface area contributed by atoms with Crippen molar-refractivity contribution >= 4 is 43.3 Å². The minimum absolute atomic E-state index is 0.00155. The van der Waals surface area contributed by atoms with Gasteiger partial charge in [-0.2, -0.15) is 21.4 Å². The molecular formula is C46H55N2O9S2+. The van der Waals surface area contributed by atoms with Crippen LogP contribution < -0.4 is 9.64 Å². The van der Waals surface area contributed by atoms with Gasteiger partial charge in [-0.1, -0.05) is 55.8 Å². The van der Waals surface area contributed by atoms with Gasteiger partial charge in [-0.05, 0) is 118 Å². The van der Waals surface area contributed by atoms with Crippen molar-refractivity contribution < 1.29 is 45.2 Å². The Morgan fingerprint density at radius 3 is 2.24 bits per heavy atom. The third-order valence-electron chi connectivity index (χ3n) is 11.7. The Bertz CT molecular complexity index is 2460. The molecule has 0 bridgehead atoms. The lowest BCUT2D eigenvalue weighted by Gasteiger charge is -2.30. The molecule has 0 fully saturated rings. The van der Waals surface area contributed by atoms with E-state index in [1.54, 1.807) is 0 Å². The molecule has 0 saturated heterocycles. The molecule has 6 rings (SSSR count). The maximum absolute atomic E-state index is 11.9. The van der Waals surface area contributed by atoms with E-state index in [9.17, 15) is 35.8 Å². The minimum atomic E-state index is -4.41. The topological polar surface area (TPSA) is 162 Å². The Labute approximate surface area is 348 Å². The molecule has 0 radical (unpaired) electrons. The van der Waals surface area contributed by atoms with Crippen LogP contribution in [-0.2, 0) is 35.9 Å². The smallest absolute Gasteiger partial charge is 0.303 e. The molecule has 11 nitrogen and oxygen atoms in total. The maximum Gasteiger partial charge on any atom is 0.303 e. The van der Waals surface area contributed by atoms with Gasteiger partial charge in [0.15, 0.2) is 5.71 Å². The fourth-order valence-corrected chi connectivity index (χ4v) is 9.70. The number of ether oxygens (including phenoxy) is 1. The van der Waals surface area contributed by atoms with Crippen LogP contribution in [-0.4, -0.2) is 66.1 Å². The molecule has 0 amide bonds. The van der Waals surface area contributed by atoms with E-state index in [2.05, 4.69) is 73.6 Å². The quantitative estimate of drug-likeness (QED) is 0.0882. The molecule has 0 spiro atoms. The molecule has 2 aliphatic heterocycles. The molecule has 1 aliphatic carbocycles. The molecule has 0 aromatic heterocycles. The molecule has 2 heterocycles. The molecule has 1 atom stereocenters. The number of rotatable bonds is 17. The third-order valence-corrected chi connectivity index (χ3v) is 13.4. The molecule has 3 aliphatic rings. The van der Waals surface area contributed by atoms with Gasteiger partial charge in [0, 0.05) is 53.9 Å². The molecule has 3 aromatic rings. The Morgan fingerprint density at radius 1 is 0.864 bits per heavy atom. The van der Waals surface area contributed by atoms with Crippen molar-refractivity contribution in [2.75, 3.05) is 23.7 Å². The van der Waals surface area contributed by atoms with Crippen LogP contribution in [0.15, 0.2) is 125 Å². The zero-order chi connectivity index (χ0) is 42.6. The van der Waals surface area contributed by atoms with Crippen LogP contribution in [0.3, 0.4) is 0 Å². The van der Waals surface area contributed by atoms with Gasteiger partial charge in [0.1, 0.15) is 18.1 Å². The number of carbonyl (C=O) groups is 1. The first-order valence-corrected chi connectivity index (χ1v) is 23.4. The lowest BCUT2D eigenvalue weighted by molar-refractivity contribution is -0.438. The monoisotopic (exact) mass is 843 g/mol. The maximum atomic E-state index is 11.9. The number of aliphatic carboxylic acids is 1. The van der Waals surface area contributed by atoms with Crippen LogP contribution in [0.25, 0.3) is 0 Å². The summed E-state index contributed by atoms with van der Waals surface area (Å²) in [5, 5.41) is 9.53. The number of carboxylic acids is 1. The predicted molar refractivity (Wildman–Crippen MR) is 231 cm³/mol. The van der Waals surface area contributed by atoms with E-state index in [0.29, 0.717) is 37.3 Å². The number of hydrogen-bond acceptors (Lipinski definition) is 7. The Kier molecular flexibility index (Phi) is 13.2. The van der Waals surface area contributed by atoms with Crippen molar-refractivity contribution in [3.63, 3.8) is 0 Å². The first-order chi connectivity index (χ1) is 27.9. The summed E-state index contributed by atoms with van der Waals surface area (Å²) in [6.45, 7) is 9.95. The van der Waals surface area contributed by atoms with E-state index in [1.165, 1.54) is 41.2 Å². The number of carboxylic acid groups (broad SMARTS) is 1. The van der Waals surface area contributed by atoms with Crippen LogP contribution >= 0.6 is 0 Å². The Hall–Kier alpha value is -4.82. The van der Waals surface area contributed by atoms with E-state index >= 15 is 0 Å². The first kappa shape index (κ1) is 43.8. The van der Waals surface area contributed by atoms with E-state index < -0.39 is 37.4 Å². The second-order valence-electron chi connectivity index (χ2n) is 16.3. The molecule has 13 heteroatoms. The van der Waals surface area contributed by atoms with Crippen molar-refractivity contribution in [2.45, 2.75) is 101 Å². The van der Waals surface area contributed by atoms with E-state index in [-0.39, 0.29) is 23.2 Å². The third kappa shape index (κ3) is 9.81. The highest BCUT2D eigenvalue weighted by molar-refractivity contribution is 7.86. The van der Waals surface area contributed by atoms with Crippen LogP contribution in [0.4, 0.5) is 11.4 Å². The van der Waals surface area contributed by atoms with Gasteiger partial charge < -0.3 is 14.7 Å². The summed E-state index contributed by atoms with van der Waals surface area (Å²) in [7, 11) is -8.61. The van der Waals surface area contributed by atoms with E-state index in [1.807, 2.05) is 36.4 Å². The number of fused-ring (bicyclic) bond motifs is 2. The predicted octanol–water partition coefficient (Wildman–Crippen LogP) is 9.30. The largest absolute Gasteiger partial charge is 0.481 e. The SMILES string of the molecule is CCCC[N+]1=C(/C=C/C2=C(Oc3ccc(S(=O)(=O)O)cc3)C(=C/C=C3/N(CCCS(=O)(=O)O)c4ccccc4C3(C)CCCC(=O)O)/CCC2)C(C)(C)c2ccccc21. The lowest BCUT2D eigenvalue weighted by atomic mass is 9.77. The number of benzene rings is 3. The molecule has 3 aromatic carbocycles. The van der Waals surface area contributed by atoms with Crippen LogP contribution in [0, 0.1) is 0 Å². The highest BCUT2D eigenvalue weighted by Gasteiger charge is 2.45. The molecule has 59 heavy (non-hydrogen) atoms. The highest BCUT2D eigenvalue weighted by Crippen LogP contribution is 2.51. The van der Waals surface area contributed by atoms with Crippen LogP contribution in [0.5, 0.6) is 5.75 Å². The summed E-state index contributed by atoms with van der Waals surface area (Å²) >= 11 is 0. The van der Waals surface area contributed by atoms with Crippen molar-refractivity contribution in [1.29, 1.82) is 0 Å². The standard InChI is InChI=1S/C46H54N2O9S2/c1-5-6-30-47-39-18-9-7-16-37(39)45(2,3)41(47)27-21-33-14-11-15-34(44(33)57-35-23-25-36(26-24-35)59(54,55)56)22-28-42-46(4,29-12-20-43(49)50)38-17-8-10-19-40(38)48(42)31-13-32-58(51,52)53/h7-10,16-19,21-28H,5-6,11-15,20,29-32H2,1-4H3,(H2-,49,50,51,52,53,54,55,56)/p+1. The zero-order valence-electron chi connectivity index (χ0n) is 34.2. The summed E-state index contributed by atoms with van der Waals surface area (Å²) in [4.78, 5) is 13.5. The van der Waals surface area contributed by atoms with E-state index in [0.717, 1.165) is 60.3 Å². The number of para-hydroxylation sites is 2. The zero-order valence-corrected chi connectivity index (χ0v) is 35.9. The average Bonchev–Trinajstić information content (AvgIpc) is 3.54. The van der Waals surface area contributed by atoms with Crippen molar-refractivity contribution in [2.24, 2.45) is 0 Å². The number of unbranched alkanes of at least 4 members (excludes halogenated alkanes) is 1. The lowest BCUT2D eigenvalue weighted by Crippen LogP contribution is -2.30. The van der Waals surface area contributed by atoms with Gasteiger partial charge >= 0.3 is 5.97 Å². The number of allylic oxidation sites excluding steroid dienone is 7. The Balaban J connectivity index is 1.48. The Morgan fingerprint density at radius 2 is 1.56 bits per heavy atom. The molecule has 1 unspecified atom stereocenters. The molecule has 314 valence electrons. The van der Waals surface area contributed by atoms with E-state index in [4.69, 9.17) is 4.74 Å². The summed E-state index contributed by atoms with van der Waals surface area (Å²) < 4.78 is 75.5. The van der Waals surface area contributed by atoms with Crippen LogP contribution in [0.1, 0.15) is 96.6 Å². The highest BCUT2D eigenvalue weighted by atomic mass is 32.2. The van der Waals surface area contributed by atoms with Gasteiger partial charge in [-0.3, -0.25) is 13.9 Å². The second kappa shape index (κ2) is 17.8. The van der Waals surface area contributed by atoms with Gasteiger partial charge in [-0.25, -0.2) is 0 Å². The summed E-state index contributed by atoms with van der Waals surface area (Å²) in [5.41, 5.74) is 7.40. The summed E-state index contributed by atoms with van der Waals surface area (Å²) in [6.07, 6.45) is 13.8. The van der Waals surface area contributed by atoms with Gasteiger partial charge in [-0.15, -0.1) is 0 Å². The van der Waals surface area contributed by atoms with Crippen molar-refractivity contribution in [1.82, 2.24) is 0 Å². The summed E-state index contributed by atoms with van der Waals surface area (Å²) in [6, 6.07) is 22.0. The molecule has 0 saturated carbocycles. The summed E-state index contributed by atoms with van der Waals surface area (Å²) in [5.74, 6) is -0.269. The number of hydrogen-bond donors (Lipinski definition) is 3. The normalized spacial score (nSPS) is 20.5. The van der Waals surface area contributed by atoms with Gasteiger partial charge in [0.05, 0.1) is 16.1 Å². The number of anilines is 1. The second-order valence-corrected chi connectivity index (χ2v) is 19.2. The minimum Gasteiger partial charge on any atom is -0.481 e. The van der Waals surface area contributed by atoms with Gasteiger partial charge in [0.2, 0.25) is 5.69 Å². The van der Waals surface area contributed by atoms with Crippen molar-refractivity contribution in [3.8, 4) is 5.75 Å². The first-order valence-electron chi connectivity index (χ1n) is 20.3. The molecule has 3 N–H and O–H groups in total. The van der Waals surface area contributed by atoms with Gasteiger partial charge in [0.25, 0.3) is 20.2 Å². The fourth-order valence-electron chi connectivity index (χ4n) is 8.72. The number of nitrogens with zero attached hydrogens (tertiary/aromatic N) is 2. The average molecular weight is 844 g/mol. The van der Waals surface area contributed by atoms with Crippen LogP contribution in [0.2, 0.25) is 0 Å². The fraction of sp³-hybridized carbons (Fsp3) is 0.391. The molecular weight excluding hydrogens is 789 g/mol. The van der Waals surface area contributed by atoms with Crippen molar-refractivity contribution in [3.05, 3.63) is 131 Å².